The molecule has 4 aliphatic carbocycles. The molecule has 4 rings (SSSR count). The number of ketones is 1. The first-order valence-corrected chi connectivity index (χ1v) is 8.69. The van der Waals surface area contributed by atoms with E-state index in [1.54, 1.807) is 0 Å². The second kappa shape index (κ2) is 5.12. The Morgan fingerprint density at radius 3 is 1.75 bits per heavy atom. The summed E-state index contributed by atoms with van der Waals surface area (Å²) in [5, 5.41) is 3.67. The molecular weight excluding hydrogens is 246 g/mol. The molecule has 0 aliphatic heterocycles. The van der Waals surface area contributed by atoms with Crippen molar-refractivity contribution in [2.24, 2.45) is 29.1 Å². The van der Waals surface area contributed by atoms with Gasteiger partial charge in [0.05, 0.1) is 6.04 Å². The van der Waals surface area contributed by atoms with Crippen LogP contribution in [0.15, 0.2) is 0 Å². The molecule has 0 aromatic rings. The van der Waals surface area contributed by atoms with Gasteiger partial charge >= 0.3 is 0 Å². The molecule has 2 nitrogen and oxygen atoms in total. The van der Waals surface area contributed by atoms with Gasteiger partial charge in [0.2, 0.25) is 0 Å². The number of carbonyl (C=O) groups excluding carboxylic acids is 1. The van der Waals surface area contributed by atoms with Crippen molar-refractivity contribution in [3.8, 4) is 0 Å². The van der Waals surface area contributed by atoms with Gasteiger partial charge in [0.1, 0.15) is 0 Å². The van der Waals surface area contributed by atoms with Crippen LogP contribution in [0.1, 0.15) is 66.2 Å². The maximum absolute atomic E-state index is 12.8. The summed E-state index contributed by atoms with van der Waals surface area (Å²) in [7, 11) is 0. The molecular formula is C18H31NO. The van der Waals surface area contributed by atoms with E-state index < -0.39 is 0 Å². The maximum atomic E-state index is 12.8. The molecule has 0 aromatic carbocycles. The van der Waals surface area contributed by atoms with Crippen molar-refractivity contribution in [2.75, 3.05) is 0 Å². The summed E-state index contributed by atoms with van der Waals surface area (Å²) in [6, 6.07) is 0.506. The molecule has 4 fully saturated rings. The SMILES string of the molecule is CC(C)N[C@H](C(=O)C(C)C)C12CC3CC(CC(C3)C1)C2. The Morgan fingerprint density at radius 1 is 0.950 bits per heavy atom. The maximum Gasteiger partial charge on any atom is 0.152 e. The molecule has 0 unspecified atom stereocenters. The molecule has 0 heterocycles. The highest BCUT2D eigenvalue weighted by Crippen LogP contribution is 2.61. The van der Waals surface area contributed by atoms with Crippen LogP contribution in [-0.2, 0) is 4.79 Å². The lowest BCUT2D eigenvalue weighted by atomic mass is 9.47. The Bertz CT molecular complexity index is 350. The van der Waals surface area contributed by atoms with Crippen LogP contribution in [0, 0.1) is 29.1 Å². The number of rotatable bonds is 5. The molecule has 4 saturated carbocycles. The zero-order valence-electron chi connectivity index (χ0n) is 13.6. The standard InChI is InChI=1S/C18H31NO/c1-11(2)16(20)17(19-12(3)4)18-8-13-5-14(9-18)7-15(6-13)10-18/h11-15,17,19H,5-10H2,1-4H3/t13?,14?,15?,17-,18?/m1/s1. The van der Waals surface area contributed by atoms with Crippen molar-refractivity contribution in [3.63, 3.8) is 0 Å². The van der Waals surface area contributed by atoms with Crippen LogP contribution >= 0.6 is 0 Å². The Hall–Kier alpha value is -0.370. The highest BCUT2D eigenvalue weighted by molar-refractivity contribution is 5.86. The number of Topliss-reactive ketones (excluding diaryl/α,β-unsaturated/α-hetero) is 1. The molecule has 0 saturated heterocycles. The van der Waals surface area contributed by atoms with E-state index in [2.05, 4.69) is 33.0 Å². The van der Waals surface area contributed by atoms with Crippen molar-refractivity contribution in [2.45, 2.75) is 78.3 Å². The zero-order valence-corrected chi connectivity index (χ0v) is 13.6. The number of nitrogens with one attached hydrogen (secondary N) is 1. The average Bonchev–Trinajstić information content (AvgIpc) is 2.33. The van der Waals surface area contributed by atoms with E-state index in [9.17, 15) is 4.79 Å². The molecule has 4 aliphatic rings. The van der Waals surface area contributed by atoms with Gasteiger partial charge in [0.15, 0.2) is 5.78 Å². The lowest BCUT2D eigenvalue weighted by Crippen LogP contribution is -2.60. The Labute approximate surface area is 124 Å². The van der Waals surface area contributed by atoms with Crippen molar-refractivity contribution in [1.82, 2.24) is 5.32 Å². The fraction of sp³-hybridized carbons (Fsp3) is 0.944. The van der Waals surface area contributed by atoms with E-state index in [0.717, 1.165) is 17.8 Å². The predicted octanol–water partition coefficient (Wildman–Crippen LogP) is 3.79. The molecule has 0 radical (unpaired) electrons. The quantitative estimate of drug-likeness (QED) is 0.828. The molecule has 114 valence electrons. The van der Waals surface area contributed by atoms with Gasteiger partial charge in [-0.25, -0.2) is 0 Å². The normalized spacial score (nSPS) is 40.6. The summed E-state index contributed by atoms with van der Waals surface area (Å²) in [6.45, 7) is 8.50. The van der Waals surface area contributed by atoms with Crippen LogP contribution in [0.5, 0.6) is 0 Å². The van der Waals surface area contributed by atoms with E-state index in [1.165, 1.54) is 38.5 Å². The van der Waals surface area contributed by atoms with Gasteiger partial charge < -0.3 is 5.32 Å². The highest BCUT2D eigenvalue weighted by Gasteiger charge is 2.55. The second-order valence-corrected chi connectivity index (χ2v) is 8.59. The van der Waals surface area contributed by atoms with Gasteiger partial charge in [-0.1, -0.05) is 27.7 Å². The Morgan fingerprint density at radius 2 is 1.40 bits per heavy atom. The topological polar surface area (TPSA) is 29.1 Å². The molecule has 4 bridgehead atoms. The van der Waals surface area contributed by atoms with Gasteiger partial charge in [0.25, 0.3) is 0 Å². The molecule has 20 heavy (non-hydrogen) atoms. The van der Waals surface area contributed by atoms with Gasteiger partial charge in [-0.3, -0.25) is 4.79 Å². The third-order valence-corrected chi connectivity index (χ3v) is 6.05. The van der Waals surface area contributed by atoms with Crippen LogP contribution in [-0.4, -0.2) is 17.9 Å². The highest BCUT2D eigenvalue weighted by atomic mass is 16.1. The summed E-state index contributed by atoms with van der Waals surface area (Å²) >= 11 is 0. The van der Waals surface area contributed by atoms with Crippen molar-refractivity contribution < 1.29 is 4.79 Å². The zero-order chi connectivity index (χ0) is 14.5. The first-order chi connectivity index (χ1) is 9.39. The van der Waals surface area contributed by atoms with Crippen LogP contribution < -0.4 is 5.32 Å². The molecule has 1 N–H and O–H groups in total. The van der Waals surface area contributed by atoms with Gasteiger partial charge in [-0.2, -0.15) is 0 Å². The average molecular weight is 277 g/mol. The summed E-state index contributed by atoms with van der Waals surface area (Å²) in [5.41, 5.74) is 0.292. The van der Waals surface area contributed by atoms with E-state index in [-0.39, 0.29) is 12.0 Å². The van der Waals surface area contributed by atoms with Crippen molar-refractivity contribution >= 4 is 5.78 Å². The number of hydrogen-bond acceptors (Lipinski definition) is 2. The third-order valence-electron chi connectivity index (χ3n) is 6.05. The molecule has 0 aromatic heterocycles. The Balaban J connectivity index is 1.88. The predicted molar refractivity (Wildman–Crippen MR) is 82.5 cm³/mol. The van der Waals surface area contributed by atoms with E-state index >= 15 is 0 Å². The van der Waals surface area contributed by atoms with E-state index in [4.69, 9.17) is 0 Å². The van der Waals surface area contributed by atoms with Crippen LogP contribution in [0.25, 0.3) is 0 Å². The molecule has 2 heteroatoms. The van der Waals surface area contributed by atoms with Gasteiger partial charge in [0, 0.05) is 12.0 Å². The monoisotopic (exact) mass is 277 g/mol. The smallest absolute Gasteiger partial charge is 0.152 e. The molecule has 1 atom stereocenters. The summed E-state index contributed by atoms with van der Waals surface area (Å²) < 4.78 is 0. The minimum Gasteiger partial charge on any atom is -0.305 e. The largest absolute Gasteiger partial charge is 0.305 e. The second-order valence-electron chi connectivity index (χ2n) is 8.59. The number of carbonyl (C=O) groups is 1. The lowest BCUT2D eigenvalue weighted by Gasteiger charge is -2.59. The molecule has 0 spiro atoms. The van der Waals surface area contributed by atoms with Crippen molar-refractivity contribution in [1.29, 1.82) is 0 Å². The number of hydrogen-bond donors (Lipinski definition) is 1. The fourth-order valence-electron chi connectivity index (χ4n) is 5.76. The molecule has 0 amide bonds. The van der Waals surface area contributed by atoms with Crippen molar-refractivity contribution in [3.05, 3.63) is 0 Å². The fourth-order valence-corrected chi connectivity index (χ4v) is 5.76. The van der Waals surface area contributed by atoms with Gasteiger partial charge in [-0.15, -0.1) is 0 Å². The minimum absolute atomic E-state index is 0.107. The summed E-state index contributed by atoms with van der Waals surface area (Å²) in [5.74, 6) is 3.35. The van der Waals surface area contributed by atoms with Crippen LogP contribution in [0.3, 0.4) is 0 Å². The lowest BCUT2D eigenvalue weighted by molar-refractivity contribution is -0.136. The first kappa shape index (κ1) is 14.6. The van der Waals surface area contributed by atoms with Crippen LogP contribution in [0.4, 0.5) is 0 Å². The minimum atomic E-state index is 0.107. The third kappa shape index (κ3) is 2.45. The summed E-state index contributed by atoms with van der Waals surface area (Å²) in [4.78, 5) is 12.8. The summed E-state index contributed by atoms with van der Waals surface area (Å²) in [6.07, 6.45) is 8.27. The van der Waals surface area contributed by atoms with E-state index in [0.29, 0.717) is 17.2 Å². The van der Waals surface area contributed by atoms with E-state index in [1.807, 2.05) is 0 Å². The first-order valence-electron chi connectivity index (χ1n) is 8.69. The Kier molecular flexibility index (Phi) is 3.73. The van der Waals surface area contributed by atoms with Crippen LogP contribution in [0.2, 0.25) is 0 Å². The van der Waals surface area contributed by atoms with Gasteiger partial charge in [-0.05, 0) is 61.7 Å².